The number of anilines is 5. The molecule has 0 saturated carbocycles. The number of morpholine rings is 1. The third-order valence-electron chi connectivity index (χ3n) is 5.97. The number of nitrogens with zero attached hydrogens (tertiary/aromatic N) is 3. The van der Waals surface area contributed by atoms with Crippen molar-refractivity contribution in [3.8, 4) is 0 Å². The molecular weight excluding hydrogens is 478 g/mol. The van der Waals surface area contributed by atoms with Crippen molar-refractivity contribution >= 4 is 50.8 Å². The third kappa shape index (κ3) is 6.11. The maximum atomic E-state index is 8.81. The molecule has 0 spiro atoms. The van der Waals surface area contributed by atoms with E-state index in [1.807, 2.05) is 12.3 Å². The molecule has 0 atom stereocenters. The van der Waals surface area contributed by atoms with Gasteiger partial charge in [-0.05, 0) is 61.7 Å². The summed E-state index contributed by atoms with van der Waals surface area (Å²) in [4.78, 5) is 15.1. The first-order valence-corrected chi connectivity index (χ1v) is 12.8. The molecule has 0 bridgehead atoms. The quantitative estimate of drug-likeness (QED) is 0.257. The second kappa shape index (κ2) is 11.4. The Morgan fingerprint density at radius 1 is 0.972 bits per heavy atom. The molecule has 1 saturated heterocycles. The molecule has 3 heterocycles. The predicted octanol–water partition coefficient (Wildman–Crippen LogP) is 3.68. The van der Waals surface area contributed by atoms with E-state index >= 15 is 0 Å². The molecule has 5 rings (SSSR count). The molecule has 5 N–H and O–H groups in total. The molecule has 10 nitrogen and oxygen atoms in total. The van der Waals surface area contributed by atoms with Crippen LogP contribution >= 0.6 is 0 Å². The fraction of sp³-hybridized carbons (Fsp3) is 0.280. The molecule has 0 radical (unpaired) electrons. The first kappa shape index (κ1) is 25.4. The van der Waals surface area contributed by atoms with Crippen LogP contribution in [-0.2, 0) is 15.6 Å². The highest BCUT2D eigenvalue weighted by Gasteiger charge is 2.14. The molecule has 0 amide bonds. The van der Waals surface area contributed by atoms with Crippen LogP contribution in [0.15, 0.2) is 48.7 Å². The van der Waals surface area contributed by atoms with E-state index in [1.54, 1.807) is 0 Å². The number of hydrogen-bond acceptors (Lipinski definition) is 8. The van der Waals surface area contributed by atoms with Gasteiger partial charge in [-0.2, -0.15) is 9.97 Å². The van der Waals surface area contributed by atoms with Crippen molar-refractivity contribution in [1.82, 2.24) is 15.0 Å². The van der Waals surface area contributed by atoms with Crippen LogP contribution in [0.4, 0.5) is 28.8 Å². The van der Waals surface area contributed by atoms with E-state index in [-0.39, 0.29) is 0 Å². The predicted molar refractivity (Wildman–Crippen MR) is 145 cm³/mol. The van der Waals surface area contributed by atoms with Crippen LogP contribution in [0.3, 0.4) is 0 Å². The number of aromatic nitrogens is 3. The average molecular weight is 510 g/mol. The number of thiol groups is 1. The largest absolute Gasteiger partial charge is 0.378 e. The third-order valence-corrected chi connectivity index (χ3v) is 5.97. The van der Waals surface area contributed by atoms with Gasteiger partial charge in [0, 0.05) is 36.3 Å². The highest BCUT2D eigenvalue weighted by Crippen LogP contribution is 2.30. The fourth-order valence-electron chi connectivity index (χ4n) is 4.15. The Labute approximate surface area is 212 Å². The molecule has 4 aromatic rings. The summed E-state index contributed by atoms with van der Waals surface area (Å²) in [5, 5.41) is 12.0. The molecule has 11 heteroatoms. The lowest BCUT2D eigenvalue weighted by Crippen LogP contribution is -2.36. The molecule has 2 aromatic carbocycles. The SMILES string of the molecule is Cc1cc(N2CCOCC2)ccc1Nc1nc(Nc2c(C)cccc2C)c2cc[nH]c2n1.N[SH](=O)=O. The first-order valence-electron chi connectivity index (χ1n) is 11.6. The molecule has 190 valence electrons. The number of H-pyrrole nitrogens is 1. The summed E-state index contributed by atoms with van der Waals surface area (Å²) in [6, 6.07) is 14.7. The number of nitrogens with two attached hydrogens (primary N) is 1. The van der Waals surface area contributed by atoms with Crippen molar-refractivity contribution in [3.05, 3.63) is 65.4 Å². The van der Waals surface area contributed by atoms with Gasteiger partial charge in [0.2, 0.25) is 5.95 Å². The first-order chi connectivity index (χ1) is 17.3. The smallest absolute Gasteiger partial charge is 0.231 e. The van der Waals surface area contributed by atoms with E-state index in [0.29, 0.717) is 5.95 Å². The Balaban J connectivity index is 0.000000709. The zero-order chi connectivity index (χ0) is 25.7. The molecule has 1 aliphatic heterocycles. The van der Waals surface area contributed by atoms with Crippen molar-refractivity contribution in [1.29, 1.82) is 0 Å². The summed E-state index contributed by atoms with van der Waals surface area (Å²) in [6.45, 7) is 9.71. The minimum absolute atomic E-state index is 0.552. The summed E-state index contributed by atoms with van der Waals surface area (Å²) < 4.78 is 23.1. The fourth-order valence-corrected chi connectivity index (χ4v) is 4.15. The van der Waals surface area contributed by atoms with Gasteiger partial charge in [0.15, 0.2) is 10.9 Å². The van der Waals surface area contributed by atoms with Gasteiger partial charge in [-0.25, -0.2) is 13.6 Å². The normalized spacial score (nSPS) is 13.4. The Hall–Kier alpha value is -3.67. The second-order valence-electron chi connectivity index (χ2n) is 8.54. The standard InChI is InChI=1S/C25H28N6O.H3NO2S/c1-16-5-4-6-17(2)22(16)28-24-20-9-10-26-23(20)29-25(30-24)27-21-8-7-19(15-18(21)3)31-11-13-32-14-12-31;1-4(2)3/h4-10,15H,11-14H2,1-3H3,(H3,26,27,28,29,30);4H,(H2,1,2,3). The molecular formula is C25H31N7O3S. The van der Waals surface area contributed by atoms with E-state index in [0.717, 1.165) is 60.1 Å². The maximum Gasteiger partial charge on any atom is 0.231 e. The summed E-state index contributed by atoms with van der Waals surface area (Å²) in [5.74, 6) is 1.33. The highest BCUT2D eigenvalue weighted by atomic mass is 32.2. The molecule has 1 aliphatic rings. The highest BCUT2D eigenvalue weighted by molar-refractivity contribution is 7.69. The van der Waals surface area contributed by atoms with E-state index in [4.69, 9.17) is 18.1 Å². The van der Waals surface area contributed by atoms with Gasteiger partial charge in [0.25, 0.3) is 0 Å². The number of fused-ring (bicyclic) bond motifs is 1. The minimum atomic E-state index is -2.62. The van der Waals surface area contributed by atoms with Crippen LogP contribution in [0.25, 0.3) is 11.0 Å². The Morgan fingerprint density at radius 3 is 2.33 bits per heavy atom. The van der Waals surface area contributed by atoms with E-state index in [2.05, 4.69) is 87.8 Å². The van der Waals surface area contributed by atoms with Crippen LogP contribution in [0.2, 0.25) is 0 Å². The molecule has 0 unspecified atom stereocenters. The molecule has 1 fully saturated rings. The summed E-state index contributed by atoms with van der Waals surface area (Å²) >= 11 is 0. The maximum absolute atomic E-state index is 8.81. The summed E-state index contributed by atoms with van der Waals surface area (Å²) in [5.41, 5.74) is 7.58. The summed E-state index contributed by atoms with van der Waals surface area (Å²) in [7, 11) is -2.62. The van der Waals surface area contributed by atoms with Crippen molar-refractivity contribution in [3.63, 3.8) is 0 Å². The zero-order valence-electron chi connectivity index (χ0n) is 20.5. The number of nitrogens with one attached hydrogen (secondary N) is 3. The van der Waals surface area contributed by atoms with Gasteiger partial charge < -0.3 is 25.3 Å². The van der Waals surface area contributed by atoms with Gasteiger partial charge in [-0.1, -0.05) is 18.2 Å². The van der Waals surface area contributed by atoms with Gasteiger partial charge in [0.05, 0.1) is 18.6 Å². The van der Waals surface area contributed by atoms with Crippen LogP contribution in [0.1, 0.15) is 16.7 Å². The van der Waals surface area contributed by atoms with Gasteiger partial charge >= 0.3 is 0 Å². The molecule has 0 aliphatic carbocycles. The van der Waals surface area contributed by atoms with Gasteiger partial charge in [-0.3, -0.25) is 0 Å². The minimum Gasteiger partial charge on any atom is -0.378 e. The van der Waals surface area contributed by atoms with Crippen LogP contribution in [-0.4, -0.2) is 49.7 Å². The van der Waals surface area contributed by atoms with Crippen molar-refractivity contribution in [2.75, 3.05) is 41.8 Å². The van der Waals surface area contributed by atoms with Crippen LogP contribution < -0.4 is 20.7 Å². The Bertz CT molecular complexity index is 1400. The summed E-state index contributed by atoms with van der Waals surface area (Å²) in [6.07, 6.45) is 1.89. The lowest BCUT2D eigenvalue weighted by atomic mass is 10.1. The number of benzene rings is 2. The lowest BCUT2D eigenvalue weighted by molar-refractivity contribution is 0.122. The average Bonchev–Trinajstić information content (AvgIpc) is 3.32. The Kier molecular flexibility index (Phi) is 8.04. The van der Waals surface area contributed by atoms with Crippen molar-refractivity contribution < 1.29 is 13.2 Å². The van der Waals surface area contributed by atoms with Gasteiger partial charge in [0.1, 0.15) is 11.5 Å². The van der Waals surface area contributed by atoms with Gasteiger partial charge in [-0.15, -0.1) is 0 Å². The van der Waals surface area contributed by atoms with Crippen LogP contribution in [0, 0.1) is 20.8 Å². The second-order valence-corrected chi connectivity index (χ2v) is 9.11. The van der Waals surface area contributed by atoms with Crippen LogP contribution in [0.5, 0.6) is 0 Å². The molecule has 2 aromatic heterocycles. The van der Waals surface area contributed by atoms with E-state index < -0.39 is 10.9 Å². The van der Waals surface area contributed by atoms with Crippen molar-refractivity contribution in [2.45, 2.75) is 20.8 Å². The lowest BCUT2D eigenvalue weighted by Gasteiger charge is -2.29. The number of aromatic amines is 1. The number of para-hydroxylation sites is 1. The Morgan fingerprint density at radius 2 is 1.67 bits per heavy atom. The molecule has 36 heavy (non-hydrogen) atoms. The zero-order valence-corrected chi connectivity index (χ0v) is 21.4. The number of rotatable bonds is 5. The monoisotopic (exact) mass is 509 g/mol. The number of aryl methyl sites for hydroxylation is 3. The number of ether oxygens (including phenoxy) is 1. The van der Waals surface area contributed by atoms with Crippen molar-refractivity contribution in [2.24, 2.45) is 5.14 Å². The van der Waals surface area contributed by atoms with E-state index in [9.17, 15) is 0 Å². The number of hydrogen-bond donors (Lipinski definition) is 5. The topological polar surface area (TPSA) is 138 Å². The van der Waals surface area contributed by atoms with E-state index in [1.165, 1.54) is 16.8 Å².